The zero-order valence-electron chi connectivity index (χ0n) is 25.8. The van der Waals surface area contributed by atoms with Crippen LogP contribution in [-0.4, -0.2) is 63.2 Å². The molecule has 0 amide bonds. The number of ether oxygens (including phenoxy) is 2. The fourth-order valence-electron chi connectivity index (χ4n) is 7.43. The molecule has 10 nitrogen and oxygen atoms in total. The number of benzene rings is 1. The topological polar surface area (TPSA) is 129 Å². The number of fused-ring (bicyclic) bond motifs is 1. The number of rotatable bonds is 6. The Morgan fingerprint density at radius 2 is 1.87 bits per heavy atom. The highest BCUT2D eigenvalue weighted by Gasteiger charge is 2.45. The third kappa shape index (κ3) is 5.21. The second-order valence-electron chi connectivity index (χ2n) is 12.4. The summed E-state index contributed by atoms with van der Waals surface area (Å²) in [5.41, 5.74) is 9.54. The van der Waals surface area contributed by atoms with Gasteiger partial charge in [-0.25, -0.2) is 14.4 Å². The number of anilines is 3. The Hall–Kier alpha value is -4.17. The van der Waals surface area contributed by atoms with E-state index in [0.29, 0.717) is 11.4 Å². The van der Waals surface area contributed by atoms with Gasteiger partial charge >= 0.3 is 12.2 Å². The molecule has 0 radical (unpaired) electrons. The van der Waals surface area contributed by atoms with Crippen molar-refractivity contribution >= 4 is 40.0 Å². The average molecular weight is 673 g/mol. The average Bonchev–Trinajstić information content (AvgIpc) is 3.53. The normalized spacial score (nSPS) is 18.2. The van der Waals surface area contributed by atoms with E-state index in [0.717, 1.165) is 44.8 Å². The van der Waals surface area contributed by atoms with Crippen LogP contribution in [-0.2, 0) is 6.18 Å². The third-order valence-corrected chi connectivity index (χ3v) is 9.98. The van der Waals surface area contributed by atoms with Crippen LogP contribution in [0.15, 0.2) is 24.4 Å². The van der Waals surface area contributed by atoms with Crippen LogP contribution in [0.1, 0.15) is 55.3 Å². The zero-order chi connectivity index (χ0) is 33.2. The van der Waals surface area contributed by atoms with Crippen LogP contribution in [0.2, 0.25) is 5.02 Å². The van der Waals surface area contributed by atoms with Crippen molar-refractivity contribution in [3.05, 3.63) is 51.9 Å². The maximum Gasteiger partial charge on any atom is 0.418 e. The van der Waals surface area contributed by atoms with Crippen molar-refractivity contribution in [1.82, 2.24) is 24.8 Å². The minimum absolute atomic E-state index is 0.0323. The number of hydrogen-bond donors (Lipinski definition) is 2. The Bertz CT molecular complexity index is 1880. The Morgan fingerprint density at radius 1 is 1.13 bits per heavy atom. The van der Waals surface area contributed by atoms with Crippen molar-refractivity contribution in [2.75, 3.05) is 49.2 Å². The molecule has 0 aliphatic carbocycles. The molecule has 0 bridgehead atoms. The van der Waals surface area contributed by atoms with E-state index in [-0.39, 0.29) is 65.2 Å². The molecule has 248 valence electrons. The van der Waals surface area contributed by atoms with Crippen LogP contribution in [0.4, 0.5) is 35.0 Å². The van der Waals surface area contributed by atoms with Gasteiger partial charge in [0.25, 0.3) is 0 Å². The number of nitrogens with zero attached hydrogens (tertiary/aromatic N) is 6. The molecule has 0 spiro atoms. The van der Waals surface area contributed by atoms with Crippen LogP contribution in [0.3, 0.4) is 0 Å². The van der Waals surface area contributed by atoms with Gasteiger partial charge in [-0.1, -0.05) is 17.7 Å². The van der Waals surface area contributed by atoms with E-state index in [9.17, 15) is 13.2 Å². The molecule has 2 fully saturated rings. The molecule has 6 heterocycles. The summed E-state index contributed by atoms with van der Waals surface area (Å²) in [6.45, 7) is 5.61. The van der Waals surface area contributed by atoms with Gasteiger partial charge < -0.3 is 25.8 Å². The molecule has 3 aliphatic heterocycles. The molecule has 0 saturated carbocycles. The fourth-order valence-corrected chi connectivity index (χ4v) is 7.75. The monoisotopic (exact) mass is 672 g/mol. The molecule has 7 rings (SSSR count). The summed E-state index contributed by atoms with van der Waals surface area (Å²) in [5.74, 6) is -0.895. The van der Waals surface area contributed by atoms with E-state index in [1.54, 1.807) is 12.3 Å². The summed E-state index contributed by atoms with van der Waals surface area (Å²) >= 11 is 6.80. The highest BCUT2D eigenvalue weighted by Crippen LogP contribution is 2.51. The van der Waals surface area contributed by atoms with Crippen LogP contribution in [0.25, 0.3) is 22.2 Å². The Kier molecular flexibility index (Phi) is 7.70. The van der Waals surface area contributed by atoms with Gasteiger partial charge in [0, 0.05) is 11.8 Å². The van der Waals surface area contributed by atoms with Gasteiger partial charge in [-0.3, -0.25) is 4.90 Å². The van der Waals surface area contributed by atoms with Crippen molar-refractivity contribution in [1.29, 1.82) is 0 Å². The summed E-state index contributed by atoms with van der Waals surface area (Å²) < 4.78 is 72.6. The van der Waals surface area contributed by atoms with Crippen LogP contribution in [0, 0.1) is 12.7 Å². The quantitative estimate of drug-likeness (QED) is 0.224. The summed E-state index contributed by atoms with van der Waals surface area (Å²) in [5, 5.41) is -0.315. The van der Waals surface area contributed by atoms with Crippen molar-refractivity contribution < 1.29 is 27.0 Å². The van der Waals surface area contributed by atoms with E-state index >= 15 is 4.39 Å². The molecular formula is C32H33ClF4N8O2. The minimum Gasteiger partial charge on any atom is -0.489 e. The first kappa shape index (κ1) is 31.4. The van der Waals surface area contributed by atoms with Crippen LogP contribution < -0.4 is 25.8 Å². The standard InChI is InChI=1S/C32H33ClF4N8O2/c1-16-14-19(38)41-25(22(16)32(35,36)37)20-23(33)27-21-26(24(20)34)42-30(47-15-31-7-4-10-44(31)11-5-8-31)43-29(21)45(12-13-46-27)17(2)18-6-3-9-40-28(18)39/h3,6,9,14,17H,4-5,7-8,10-13,15H2,1-2H3,(H2,38,41)(H2,39,40)/t17-/m1/s1. The first-order valence-electron chi connectivity index (χ1n) is 15.4. The highest BCUT2D eigenvalue weighted by molar-refractivity contribution is 6.36. The lowest BCUT2D eigenvalue weighted by atomic mass is 9.95. The van der Waals surface area contributed by atoms with Gasteiger partial charge in [-0.2, -0.15) is 23.1 Å². The number of nitrogens with two attached hydrogens (primary N) is 2. The predicted octanol–water partition coefficient (Wildman–Crippen LogP) is 6.34. The minimum atomic E-state index is -4.89. The lowest BCUT2D eigenvalue weighted by molar-refractivity contribution is -0.137. The van der Waals surface area contributed by atoms with Crippen molar-refractivity contribution in [2.45, 2.75) is 57.3 Å². The third-order valence-electron chi connectivity index (χ3n) is 9.62. The Balaban J connectivity index is 1.46. The number of hydrogen-bond acceptors (Lipinski definition) is 10. The van der Waals surface area contributed by atoms with Gasteiger partial charge in [0.2, 0.25) is 0 Å². The van der Waals surface area contributed by atoms with Gasteiger partial charge in [0.1, 0.15) is 36.2 Å². The molecule has 4 N–H and O–H groups in total. The largest absolute Gasteiger partial charge is 0.489 e. The first-order valence-corrected chi connectivity index (χ1v) is 15.8. The Labute approximate surface area is 273 Å². The van der Waals surface area contributed by atoms with E-state index in [1.807, 2.05) is 17.9 Å². The maximum absolute atomic E-state index is 17.0. The van der Waals surface area contributed by atoms with Gasteiger partial charge in [0.05, 0.1) is 45.4 Å². The molecule has 4 aromatic rings. The lowest BCUT2D eigenvalue weighted by Gasteiger charge is -2.32. The molecular weight excluding hydrogens is 640 g/mol. The summed E-state index contributed by atoms with van der Waals surface area (Å²) in [6, 6.07) is 4.11. The van der Waals surface area contributed by atoms with Gasteiger partial charge in [0.15, 0.2) is 11.6 Å². The molecule has 1 atom stereocenters. The van der Waals surface area contributed by atoms with Crippen molar-refractivity contribution in [3.63, 3.8) is 0 Å². The first-order chi connectivity index (χ1) is 22.4. The van der Waals surface area contributed by atoms with E-state index in [1.165, 1.54) is 6.92 Å². The second-order valence-corrected chi connectivity index (χ2v) is 12.8. The number of alkyl halides is 3. The van der Waals surface area contributed by atoms with E-state index in [4.69, 9.17) is 37.5 Å². The fraction of sp³-hybridized carbons (Fsp3) is 0.438. The van der Waals surface area contributed by atoms with E-state index < -0.39 is 39.9 Å². The van der Waals surface area contributed by atoms with E-state index in [2.05, 4.69) is 19.9 Å². The summed E-state index contributed by atoms with van der Waals surface area (Å²) in [4.78, 5) is 21.7. The smallest absolute Gasteiger partial charge is 0.418 e. The zero-order valence-corrected chi connectivity index (χ0v) is 26.6. The van der Waals surface area contributed by atoms with Gasteiger partial charge in [-0.15, -0.1) is 0 Å². The molecule has 2 saturated heterocycles. The van der Waals surface area contributed by atoms with Crippen molar-refractivity contribution in [3.8, 4) is 23.0 Å². The second kappa shape index (κ2) is 11.5. The van der Waals surface area contributed by atoms with Crippen molar-refractivity contribution in [2.24, 2.45) is 0 Å². The molecule has 15 heteroatoms. The van der Waals surface area contributed by atoms with Crippen LogP contribution in [0.5, 0.6) is 11.8 Å². The number of halogens is 5. The van der Waals surface area contributed by atoms with Gasteiger partial charge in [-0.05, 0) is 70.3 Å². The maximum atomic E-state index is 17.0. The summed E-state index contributed by atoms with van der Waals surface area (Å²) in [7, 11) is 0. The van der Waals surface area contributed by atoms with Crippen LogP contribution >= 0.6 is 11.6 Å². The number of nitrogen functional groups attached to an aromatic ring is 2. The number of pyridine rings is 2. The lowest BCUT2D eigenvalue weighted by Crippen LogP contribution is -2.43. The predicted molar refractivity (Wildman–Crippen MR) is 170 cm³/mol. The number of aryl methyl sites for hydroxylation is 1. The summed E-state index contributed by atoms with van der Waals surface area (Å²) in [6.07, 6.45) is 0.655. The SMILES string of the molecule is Cc1cc(N)nc(-c2c(Cl)c3c4c(nc(OCC56CCCN5CCC6)nc4c2F)N([C@H](C)c2cccnc2N)CCO3)c1C(F)(F)F. The Morgan fingerprint density at radius 3 is 2.57 bits per heavy atom. The molecule has 0 unspecified atom stereocenters. The molecule has 3 aliphatic rings. The molecule has 1 aromatic carbocycles. The number of aromatic nitrogens is 4. The highest BCUT2D eigenvalue weighted by atomic mass is 35.5. The molecule has 3 aromatic heterocycles. The molecule has 47 heavy (non-hydrogen) atoms.